The van der Waals surface area contributed by atoms with Gasteiger partial charge in [0.15, 0.2) is 0 Å². The molecule has 1 atom stereocenters. The fourth-order valence-corrected chi connectivity index (χ4v) is 3.06. The van der Waals surface area contributed by atoms with E-state index in [1.807, 2.05) is 6.92 Å². The molecule has 0 fully saturated rings. The number of thioether (sulfide) groups is 1. The molecule has 4 heteroatoms. The van der Waals surface area contributed by atoms with E-state index in [0.29, 0.717) is 5.25 Å². The number of thiophene rings is 1. The molecule has 0 aliphatic carbocycles. The van der Waals surface area contributed by atoms with Gasteiger partial charge in [-0.1, -0.05) is 6.92 Å². The molecular formula is C8H11BrOS2. The van der Waals surface area contributed by atoms with Crippen LogP contribution in [0.2, 0.25) is 0 Å². The molecule has 1 unspecified atom stereocenters. The minimum absolute atomic E-state index is 0.261. The Bertz CT molecular complexity index is 237. The molecule has 0 amide bonds. The largest absolute Gasteiger partial charge is 0.395 e. The zero-order valence-corrected chi connectivity index (χ0v) is 10.0. The van der Waals surface area contributed by atoms with Crippen molar-refractivity contribution in [1.29, 1.82) is 0 Å². The highest BCUT2D eigenvalue weighted by Gasteiger charge is 2.02. The highest BCUT2D eigenvalue weighted by molar-refractivity contribution is 9.10. The van der Waals surface area contributed by atoms with Gasteiger partial charge in [0.1, 0.15) is 0 Å². The number of hydrogen-bond acceptors (Lipinski definition) is 3. The topological polar surface area (TPSA) is 20.2 Å². The Morgan fingerprint density at radius 3 is 3.00 bits per heavy atom. The van der Waals surface area contributed by atoms with Gasteiger partial charge in [0.2, 0.25) is 0 Å². The fourth-order valence-electron chi connectivity index (χ4n) is 0.707. The van der Waals surface area contributed by atoms with Crippen molar-refractivity contribution in [3.8, 4) is 0 Å². The second kappa shape index (κ2) is 5.27. The molecule has 68 valence electrons. The summed E-state index contributed by atoms with van der Waals surface area (Å²) < 4.78 is 1.15. The Hall–Kier alpha value is 0.490. The molecule has 1 aromatic rings. The molecule has 12 heavy (non-hydrogen) atoms. The summed E-state index contributed by atoms with van der Waals surface area (Å²) in [6, 6.07) is 2.13. The molecule has 1 heterocycles. The molecule has 0 spiro atoms. The number of rotatable bonds is 4. The SMILES string of the molecule is CC(CO)SCc1cc(Br)cs1. The Balaban J connectivity index is 2.33. The molecule has 0 radical (unpaired) electrons. The molecule has 1 N–H and O–H groups in total. The summed E-state index contributed by atoms with van der Waals surface area (Å²) in [5.74, 6) is 0.998. The van der Waals surface area contributed by atoms with Gasteiger partial charge < -0.3 is 5.11 Å². The van der Waals surface area contributed by atoms with E-state index in [0.717, 1.165) is 10.2 Å². The summed E-state index contributed by atoms with van der Waals surface area (Å²) in [4.78, 5) is 1.35. The lowest BCUT2D eigenvalue weighted by molar-refractivity contribution is 0.300. The van der Waals surface area contributed by atoms with Crippen LogP contribution in [0.5, 0.6) is 0 Å². The lowest BCUT2D eigenvalue weighted by Crippen LogP contribution is -2.01. The van der Waals surface area contributed by atoms with Crippen molar-refractivity contribution in [1.82, 2.24) is 0 Å². The van der Waals surface area contributed by atoms with E-state index in [-0.39, 0.29) is 6.61 Å². The van der Waals surface area contributed by atoms with Gasteiger partial charge >= 0.3 is 0 Å². The zero-order chi connectivity index (χ0) is 8.97. The van der Waals surface area contributed by atoms with E-state index in [1.165, 1.54) is 4.88 Å². The summed E-state index contributed by atoms with van der Waals surface area (Å²) in [5.41, 5.74) is 0. The molecule has 0 aliphatic heterocycles. The summed E-state index contributed by atoms with van der Waals surface area (Å²) in [5, 5.41) is 11.2. The van der Waals surface area contributed by atoms with Crippen molar-refractivity contribution in [2.24, 2.45) is 0 Å². The van der Waals surface area contributed by atoms with E-state index in [1.54, 1.807) is 23.1 Å². The predicted molar refractivity (Wildman–Crippen MR) is 59.9 cm³/mol. The van der Waals surface area contributed by atoms with E-state index in [9.17, 15) is 0 Å². The van der Waals surface area contributed by atoms with Gasteiger partial charge in [0.25, 0.3) is 0 Å². The molecule has 1 rings (SSSR count). The standard InChI is InChI=1S/C8H11BrOS2/c1-6(3-10)11-5-8-2-7(9)4-12-8/h2,4,6,10H,3,5H2,1H3. The Labute approximate surface area is 89.3 Å². The van der Waals surface area contributed by atoms with Crippen LogP contribution in [0.15, 0.2) is 15.9 Å². The lowest BCUT2D eigenvalue weighted by atomic mass is 10.5. The van der Waals surface area contributed by atoms with E-state index in [4.69, 9.17) is 5.11 Å². The average molecular weight is 267 g/mol. The summed E-state index contributed by atoms with van der Waals surface area (Å²) in [6.45, 7) is 2.30. The first-order valence-electron chi connectivity index (χ1n) is 3.67. The van der Waals surface area contributed by atoms with Crippen LogP contribution in [-0.4, -0.2) is 17.0 Å². The van der Waals surface area contributed by atoms with Crippen LogP contribution >= 0.6 is 39.0 Å². The smallest absolute Gasteiger partial charge is 0.0547 e. The third-order valence-corrected chi connectivity index (χ3v) is 4.47. The summed E-state index contributed by atoms with van der Waals surface area (Å²) in [7, 11) is 0. The third kappa shape index (κ3) is 3.47. The maximum atomic E-state index is 8.79. The molecule has 0 saturated heterocycles. The van der Waals surface area contributed by atoms with Gasteiger partial charge in [0.05, 0.1) is 6.61 Å². The second-order valence-corrected chi connectivity index (χ2v) is 5.87. The van der Waals surface area contributed by atoms with Crippen LogP contribution in [0, 0.1) is 0 Å². The first-order valence-corrected chi connectivity index (χ1v) is 6.40. The summed E-state index contributed by atoms with van der Waals surface area (Å²) >= 11 is 6.94. The van der Waals surface area contributed by atoms with Crippen LogP contribution in [0.25, 0.3) is 0 Å². The zero-order valence-electron chi connectivity index (χ0n) is 6.79. The van der Waals surface area contributed by atoms with Crippen molar-refractivity contribution in [3.63, 3.8) is 0 Å². The van der Waals surface area contributed by atoms with Crippen molar-refractivity contribution in [3.05, 3.63) is 20.8 Å². The number of halogens is 1. The Morgan fingerprint density at radius 2 is 2.50 bits per heavy atom. The molecule has 0 bridgehead atoms. The molecule has 0 saturated carbocycles. The van der Waals surface area contributed by atoms with Crippen molar-refractivity contribution >= 4 is 39.0 Å². The molecular weight excluding hydrogens is 256 g/mol. The normalized spacial score (nSPS) is 13.2. The van der Waals surface area contributed by atoms with Gasteiger partial charge in [-0.15, -0.1) is 11.3 Å². The number of aliphatic hydroxyl groups is 1. The van der Waals surface area contributed by atoms with Crippen molar-refractivity contribution in [2.45, 2.75) is 17.9 Å². The van der Waals surface area contributed by atoms with Gasteiger partial charge in [-0.3, -0.25) is 0 Å². The minimum Gasteiger partial charge on any atom is -0.395 e. The van der Waals surface area contributed by atoms with Crippen LogP contribution in [0.1, 0.15) is 11.8 Å². The van der Waals surface area contributed by atoms with E-state index < -0.39 is 0 Å². The monoisotopic (exact) mass is 266 g/mol. The van der Waals surface area contributed by atoms with E-state index in [2.05, 4.69) is 27.4 Å². The van der Waals surface area contributed by atoms with Gasteiger partial charge in [-0.2, -0.15) is 11.8 Å². The highest BCUT2D eigenvalue weighted by atomic mass is 79.9. The molecule has 0 aliphatic rings. The first kappa shape index (κ1) is 10.6. The van der Waals surface area contributed by atoms with Crippen LogP contribution in [-0.2, 0) is 5.75 Å². The number of aliphatic hydroxyl groups excluding tert-OH is 1. The Morgan fingerprint density at radius 1 is 1.75 bits per heavy atom. The van der Waals surface area contributed by atoms with Crippen LogP contribution in [0.4, 0.5) is 0 Å². The van der Waals surface area contributed by atoms with Crippen LogP contribution < -0.4 is 0 Å². The van der Waals surface area contributed by atoms with E-state index >= 15 is 0 Å². The first-order chi connectivity index (χ1) is 5.72. The fraction of sp³-hybridized carbons (Fsp3) is 0.500. The number of hydrogen-bond donors (Lipinski definition) is 1. The maximum Gasteiger partial charge on any atom is 0.0547 e. The highest BCUT2D eigenvalue weighted by Crippen LogP contribution is 2.25. The van der Waals surface area contributed by atoms with Crippen molar-refractivity contribution < 1.29 is 5.11 Å². The van der Waals surface area contributed by atoms with Gasteiger partial charge in [-0.05, 0) is 22.0 Å². The third-order valence-electron chi connectivity index (χ3n) is 1.39. The second-order valence-electron chi connectivity index (χ2n) is 2.54. The van der Waals surface area contributed by atoms with Crippen molar-refractivity contribution in [2.75, 3.05) is 6.61 Å². The lowest BCUT2D eigenvalue weighted by Gasteiger charge is -2.04. The predicted octanol–water partition coefficient (Wildman–Crippen LogP) is 3.12. The summed E-state index contributed by atoms with van der Waals surface area (Å²) in [6.07, 6.45) is 0. The van der Waals surface area contributed by atoms with Gasteiger partial charge in [-0.25, -0.2) is 0 Å². The molecule has 0 aromatic carbocycles. The Kier molecular flexibility index (Phi) is 4.64. The van der Waals surface area contributed by atoms with Gasteiger partial charge in [0, 0.05) is 25.7 Å². The maximum absolute atomic E-state index is 8.79. The molecule has 1 aromatic heterocycles. The quantitative estimate of drug-likeness (QED) is 0.904. The minimum atomic E-state index is 0.261. The molecule has 1 nitrogen and oxygen atoms in total. The van der Waals surface area contributed by atoms with Crippen LogP contribution in [0.3, 0.4) is 0 Å². The average Bonchev–Trinajstić information content (AvgIpc) is 2.47.